The van der Waals surface area contributed by atoms with Crippen LogP contribution in [-0.4, -0.2) is 17.3 Å². The van der Waals surface area contributed by atoms with Gasteiger partial charge in [0.2, 0.25) is 0 Å². The van der Waals surface area contributed by atoms with Gasteiger partial charge in [0.15, 0.2) is 0 Å². The van der Waals surface area contributed by atoms with E-state index in [-0.39, 0.29) is 0 Å². The standard InChI is InChI=1S/C35H54O3/c1-2-3-4-8-24-15-16-33(37)23-35(24)29-13-6-11-27(18-29)31-19-30(21-34(38)22-31)26-10-5-9-25(17-26)28-12-7-14-32(36)20-28/h9,24,26-31,35H,2-8,10-23H2,1H3. The highest BCUT2D eigenvalue weighted by Crippen LogP contribution is 2.50. The number of carbonyl (C=O) groups excluding carboxylic acids is 3. The van der Waals surface area contributed by atoms with Gasteiger partial charge in [-0.3, -0.25) is 14.4 Å². The van der Waals surface area contributed by atoms with Crippen molar-refractivity contribution in [2.75, 3.05) is 0 Å². The largest absolute Gasteiger partial charge is 0.300 e. The van der Waals surface area contributed by atoms with E-state index in [1.807, 2.05) is 0 Å². The zero-order chi connectivity index (χ0) is 26.5. The Bertz CT molecular complexity index is 870. The van der Waals surface area contributed by atoms with Crippen molar-refractivity contribution in [3.05, 3.63) is 11.6 Å². The van der Waals surface area contributed by atoms with Gasteiger partial charge in [-0.05, 0) is 98.7 Å². The van der Waals surface area contributed by atoms with Crippen LogP contribution in [-0.2, 0) is 14.4 Å². The number of hydrogen-bond donors (Lipinski definition) is 0. The fourth-order valence-corrected chi connectivity index (χ4v) is 9.73. The highest BCUT2D eigenvalue weighted by atomic mass is 16.1. The first-order valence-corrected chi connectivity index (χ1v) is 16.7. The van der Waals surface area contributed by atoms with Crippen LogP contribution in [0.3, 0.4) is 0 Å². The molecule has 5 rings (SSSR count). The molecule has 212 valence electrons. The Hall–Kier alpha value is -1.25. The van der Waals surface area contributed by atoms with Crippen LogP contribution in [0.15, 0.2) is 11.6 Å². The molecule has 0 aromatic carbocycles. The third-order valence-electron chi connectivity index (χ3n) is 11.8. The molecule has 3 nitrogen and oxygen atoms in total. The topological polar surface area (TPSA) is 51.2 Å². The van der Waals surface area contributed by atoms with Crippen LogP contribution < -0.4 is 0 Å². The molecule has 0 heterocycles. The van der Waals surface area contributed by atoms with Gasteiger partial charge in [0, 0.05) is 38.5 Å². The van der Waals surface area contributed by atoms with Crippen molar-refractivity contribution in [1.29, 1.82) is 0 Å². The third-order valence-corrected chi connectivity index (χ3v) is 11.8. The molecule has 8 unspecified atom stereocenters. The number of ketones is 3. The molecule has 5 aliphatic rings. The van der Waals surface area contributed by atoms with E-state index in [9.17, 15) is 14.4 Å². The van der Waals surface area contributed by atoms with Gasteiger partial charge in [0.25, 0.3) is 0 Å². The number of hydrogen-bond acceptors (Lipinski definition) is 3. The molecule has 3 heteroatoms. The van der Waals surface area contributed by atoms with Crippen molar-refractivity contribution in [3.8, 4) is 0 Å². The minimum absolute atomic E-state index is 0.455. The number of carbonyl (C=O) groups is 3. The fourth-order valence-electron chi connectivity index (χ4n) is 9.73. The highest BCUT2D eigenvalue weighted by Gasteiger charge is 2.42. The van der Waals surface area contributed by atoms with Crippen molar-refractivity contribution in [2.24, 2.45) is 47.3 Å². The van der Waals surface area contributed by atoms with E-state index in [1.54, 1.807) is 5.57 Å². The lowest BCUT2D eigenvalue weighted by molar-refractivity contribution is -0.125. The van der Waals surface area contributed by atoms with Gasteiger partial charge in [0.1, 0.15) is 17.3 Å². The van der Waals surface area contributed by atoms with E-state index in [1.165, 1.54) is 70.6 Å². The maximum atomic E-state index is 13.1. The first kappa shape index (κ1) is 28.3. The molecule has 4 fully saturated rings. The minimum atomic E-state index is 0.455. The number of allylic oxidation sites excluding steroid dienone is 2. The van der Waals surface area contributed by atoms with Gasteiger partial charge in [-0.2, -0.15) is 0 Å². The quantitative estimate of drug-likeness (QED) is 0.236. The molecule has 0 N–H and O–H groups in total. The monoisotopic (exact) mass is 522 g/mol. The molecule has 8 atom stereocenters. The van der Waals surface area contributed by atoms with E-state index < -0.39 is 0 Å². The van der Waals surface area contributed by atoms with Gasteiger partial charge in [-0.1, -0.05) is 63.5 Å². The van der Waals surface area contributed by atoms with Crippen molar-refractivity contribution >= 4 is 17.3 Å². The Morgan fingerprint density at radius 3 is 2.24 bits per heavy atom. The second-order valence-electron chi connectivity index (χ2n) is 14.2. The van der Waals surface area contributed by atoms with Crippen molar-refractivity contribution < 1.29 is 14.4 Å². The van der Waals surface area contributed by atoms with Crippen LogP contribution in [0.2, 0.25) is 0 Å². The van der Waals surface area contributed by atoms with Crippen molar-refractivity contribution in [1.82, 2.24) is 0 Å². The number of rotatable bonds is 8. The van der Waals surface area contributed by atoms with Crippen molar-refractivity contribution in [2.45, 2.75) is 142 Å². The fraction of sp³-hybridized carbons (Fsp3) is 0.857. The van der Waals surface area contributed by atoms with Gasteiger partial charge < -0.3 is 0 Å². The second kappa shape index (κ2) is 13.4. The summed E-state index contributed by atoms with van der Waals surface area (Å²) < 4.78 is 0. The lowest BCUT2D eigenvalue weighted by Gasteiger charge is -2.45. The third kappa shape index (κ3) is 7.08. The minimum Gasteiger partial charge on any atom is -0.300 e. The molecular weight excluding hydrogens is 468 g/mol. The number of unbranched alkanes of at least 4 members (excludes halogenated alkanes) is 2. The Balaban J connectivity index is 1.20. The summed E-state index contributed by atoms with van der Waals surface area (Å²) >= 11 is 0. The molecule has 0 aromatic heterocycles. The molecule has 0 saturated heterocycles. The summed E-state index contributed by atoms with van der Waals surface area (Å²) in [6, 6.07) is 0. The highest BCUT2D eigenvalue weighted by molar-refractivity contribution is 5.80. The van der Waals surface area contributed by atoms with Gasteiger partial charge >= 0.3 is 0 Å². The second-order valence-corrected chi connectivity index (χ2v) is 14.2. The summed E-state index contributed by atoms with van der Waals surface area (Å²) in [5.41, 5.74) is 1.55. The van der Waals surface area contributed by atoms with Crippen molar-refractivity contribution in [3.63, 3.8) is 0 Å². The molecule has 5 aliphatic carbocycles. The maximum absolute atomic E-state index is 13.1. The summed E-state index contributed by atoms with van der Waals surface area (Å²) in [6.45, 7) is 2.29. The smallest absolute Gasteiger partial charge is 0.133 e. The Morgan fingerprint density at radius 2 is 1.42 bits per heavy atom. The zero-order valence-electron chi connectivity index (χ0n) is 24.3. The summed E-state index contributed by atoms with van der Waals surface area (Å²) in [4.78, 5) is 37.8. The van der Waals surface area contributed by atoms with Crippen LogP contribution >= 0.6 is 0 Å². The zero-order valence-corrected chi connectivity index (χ0v) is 24.3. The van der Waals surface area contributed by atoms with Crippen LogP contribution in [0.25, 0.3) is 0 Å². The maximum Gasteiger partial charge on any atom is 0.133 e. The van der Waals surface area contributed by atoms with Gasteiger partial charge in [-0.15, -0.1) is 0 Å². The van der Waals surface area contributed by atoms with E-state index in [0.717, 1.165) is 70.1 Å². The van der Waals surface area contributed by atoms with E-state index in [0.29, 0.717) is 58.8 Å². The predicted octanol–water partition coefficient (Wildman–Crippen LogP) is 8.83. The Morgan fingerprint density at radius 1 is 0.658 bits per heavy atom. The molecule has 0 amide bonds. The molecule has 0 aromatic rings. The Kier molecular flexibility index (Phi) is 9.98. The van der Waals surface area contributed by atoms with Crippen LogP contribution in [0, 0.1) is 47.3 Å². The summed E-state index contributed by atoms with van der Waals surface area (Å²) in [6.07, 6.45) is 25.8. The average molecular weight is 523 g/mol. The van der Waals surface area contributed by atoms with Crippen LogP contribution in [0.4, 0.5) is 0 Å². The van der Waals surface area contributed by atoms with Crippen LogP contribution in [0.1, 0.15) is 142 Å². The first-order valence-electron chi connectivity index (χ1n) is 16.7. The first-order chi connectivity index (χ1) is 18.5. The SMILES string of the molecule is CCCCCC1CCC(=O)CC1C1CCCC(C2CC(=O)CC(C3CCC=C(C4CCCC(=O)C4)C3)C2)C1. The predicted molar refractivity (Wildman–Crippen MR) is 154 cm³/mol. The summed E-state index contributed by atoms with van der Waals surface area (Å²) in [7, 11) is 0. The lowest BCUT2D eigenvalue weighted by Crippen LogP contribution is -2.38. The summed E-state index contributed by atoms with van der Waals surface area (Å²) in [5.74, 6) is 6.45. The summed E-state index contributed by atoms with van der Waals surface area (Å²) in [5, 5.41) is 0. The molecule has 0 spiro atoms. The normalized spacial score (nSPS) is 39.2. The molecule has 4 saturated carbocycles. The Labute approximate surface area is 232 Å². The van der Waals surface area contributed by atoms with E-state index in [4.69, 9.17) is 0 Å². The molecule has 0 aliphatic heterocycles. The average Bonchev–Trinajstić information content (AvgIpc) is 2.94. The number of Topliss-reactive ketones (excluding diaryl/α,β-unsaturated/α-hetero) is 3. The van der Waals surface area contributed by atoms with Gasteiger partial charge in [-0.25, -0.2) is 0 Å². The molecule has 0 bridgehead atoms. The van der Waals surface area contributed by atoms with E-state index >= 15 is 0 Å². The molecule has 0 radical (unpaired) electrons. The molecule has 38 heavy (non-hydrogen) atoms. The molecular formula is C35H54O3. The van der Waals surface area contributed by atoms with Crippen LogP contribution in [0.5, 0.6) is 0 Å². The lowest BCUT2D eigenvalue weighted by atomic mass is 9.60. The van der Waals surface area contributed by atoms with Gasteiger partial charge in [0.05, 0.1) is 0 Å². The van der Waals surface area contributed by atoms with E-state index in [2.05, 4.69) is 13.0 Å².